The maximum atomic E-state index is 12.6. The normalized spacial score (nSPS) is 16.3. The van der Waals surface area contributed by atoms with Crippen LogP contribution < -0.4 is 10.6 Å². The van der Waals surface area contributed by atoms with E-state index in [0.29, 0.717) is 17.3 Å². The number of nitrogens with zero attached hydrogens (tertiary/aromatic N) is 2. The first kappa shape index (κ1) is 15.7. The topological polar surface area (TPSA) is 49.6 Å². The predicted octanol–water partition coefficient (Wildman–Crippen LogP) is 3.13. The Morgan fingerprint density at radius 1 is 1.10 bits per heavy atom. The van der Waals surface area contributed by atoms with Gasteiger partial charge in [0.25, 0.3) is 5.91 Å². The van der Waals surface area contributed by atoms with Gasteiger partial charge >= 0.3 is 0 Å². The number of amides is 1. The van der Waals surface area contributed by atoms with Crippen molar-refractivity contribution >= 4 is 17.3 Å². The van der Waals surface area contributed by atoms with Gasteiger partial charge in [-0.25, -0.2) is 0 Å². The van der Waals surface area contributed by atoms with Crippen LogP contribution in [-0.2, 0) is 0 Å². The van der Waals surface area contributed by atoms with Gasteiger partial charge in [0.2, 0.25) is 0 Å². The van der Waals surface area contributed by atoms with Crippen molar-refractivity contribution in [2.24, 2.45) is 0 Å². The average Bonchev–Trinajstić information content (AvgIpc) is 2.74. The summed E-state index contributed by atoms with van der Waals surface area (Å²) >= 11 is 0. The summed E-state index contributed by atoms with van der Waals surface area (Å²) in [6.45, 7) is 0. The van der Waals surface area contributed by atoms with Crippen LogP contribution >= 0.6 is 0 Å². The van der Waals surface area contributed by atoms with Crippen LogP contribution in [0.1, 0.15) is 48.9 Å². The highest BCUT2D eigenvalue weighted by Gasteiger charge is 2.22. The Kier molecular flexibility index (Phi) is 5.10. The first-order valence-electron chi connectivity index (χ1n) is 7.84. The standard InChI is InChI=1S/C17H27N3O/c1-19(2)16-11-10-13(12-15(16)18)17(21)20(3)14-8-6-4-5-7-9-14/h10-12,14H,4-9,18H2,1-3H3. The first-order chi connectivity index (χ1) is 10.0. The minimum Gasteiger partial charge on any atom is -0.397 e. The highest BCUT2D eigenvalue weighted by atomic mass is 16.2. The molecule has 1 fully saturated rings. The molecule has 0 aromatic heterocycles. The summed E-state index contributed by atoms with van der Waals surface area (Å²) in [6.07, 6.45) is 7.28. The fourth-order valence-electron chi connectivity index (χ4n) is 3.11. The van der Waals surface area contributed by atoms with Crippen molar-refractivity contribution in [1.82, 2.24) is 4.90 Å². The number of carbonyl (C=O) groups excluding carboxylic acids is 1. The van der Waals surface area contributed by atoms with Crippen LogP contribution in [0.5, 0.6) is 0 Å². The second-order valence-electron chi connectivity index (χ2n) is 6.23. The van der Waals surface area contributed by atoms with Crippen molar-refractivity contribution in [3.63, 3.8) is 0 Å². The largest absolute Gasteiger partial charge is 0.397 e. The van der Waals surface area contributed by atoms with Crippen LogP contribution in [0.25, 0.3) is 0 Å². The van der Waals surface area contributed by atoms with Crippen molar-refractivity contribution in [3.05, 3.63) is 23.8 Å². The molecule has 1 aliphatic rings. The molecular weight excluding hydrogens is 262 g/mol. The lowest BCUT2D eigenvalue weighted by Crippen LogP contribution is -2.36. The van der Waals surface area contributed by atoms with Gasteiger partial charge in [0, 0.05) is 32.7 Å². The molecule has 1 saturated carbocycles. The van der Waals surface area contributed by atoms with E-state index in [4.69, 9.17) is 5.73 Å². The molecule has 4 heteroatoms. The number of hydrogen-bond donors (Lipinski definition) is 1. The molecule has 0 bridgehead atoms. The van der Waals surface area contributed by atoms with Crippen LogP contribution in [0.4, 0.5) is 11.4 Å². The molecule has 0 spiro atoms. The van der Waals surface area contributed by atoms with Gasteiger partial charge in [-0.2, -0.15) is 0 Å². The molecule has 0 radical (unpaired) electrons. The van der Waals surface area contributed by atoms with E-state index in [2.05, 4.69) is 0 Å². The van der Waals surface area contributed by atoms with Crippen molar-refractivity contribution in [1.29, 1.82) is 0 Å². The second kappa shape index (κ2) is 6.83. The van der Waals surface area contributed by atoms with Gasteiger partial charge in [-0.05, 0) is 31.0 Å². The van der Waals surface area contributed by atoms with E-state index in [1.165, 1.54) is 25.7 Å². The molecule has 1 aromatic rings. The minimum absolute atomic E-state index is 0.0823. The van der Waals surface area contributed by atoms with Crippen LogP contribution in [0, 0.1) is 0 Å². The van der Waals surface area contributed by atoms with E-state index in [1.54, 1.807) is 6.07 Å². The zero-order valence-electron chi connectivity index (χ0n) is 13.4. The van der Waals surface area contributed by atoms with Crippen LogP contribution in [-0.4, -0.2) is 38.0 Å². The van der Waals surface area contributed by atoms with Crippen molar-refractivity contribution in [2.45, 2.75) is 44.6 Å². The van der Waals surface area contributed by atoms with Crippen LogP contribution in [0.3, 0.4) is 0 Å². The zero-order valence-corrected chi connectivity index (χ0v) is 13.4. The lowest BCUT2D eigenvalue weighted by atomic mass is 10.1. The molecule has 1 amide bonds. The Bertz CT molecular complexity index is 491. The number of carbonyl (C=O) groups is 1. The smallest absolute Gasteiger partial charge is 0.253 e. The van der Waals surface area contributed by atoms with Gasteiger partial charge in [-0.15, -0.1) is 0 Å². The fourth-order valence-corrected chi connectivity index (χ4v) is 3.11. The highest BCUT2D eigenvalue weighted by molar-refractivity contribution is 5.96. The molecule has 1 aromatic carbocycles. The van der Waals surface area contributed by atoms with E-state index in [9.17, 15) is 4.79 Å². The highest BCUT2D eigenvalue weighted by Crippen LogP contribution is 2.25. The molecule has 0 unspecified atom stereocenters. The summed E-state index contributed by atoms with van der Waals surface area (Å²) in [5, 5.41) is 0. The van der Waals surface area contributed by atoms with Gasteiger partial charge in [-0.1, -0.05) is 25.7 Å². The SMILES string of the molecule is CN(C)c1ccc(C(=O)N(C)C2CCCCCC2)cc1N. The Labute approximate surface area is 127 Å². The molecule has 4 nitrogen and oxygen atoms in total. The number of anilines is 2. The molecule has 1 aliphatic carbocycles. The number of benzene rings is 1. The summed E-state index contributed by atoms with van der Waals surface area (Å²) in [4.78, 5) is 16.5. The van der Waals surface area contributed by atoms with E-state index in [1.807, 2.05) is 43.1 Å². The minimum atomic E-state index is 0.0823. The first-order valence-corrected chi connectivity index (χ1v) is 7.84. The van der Waals surface area contributed by atoms with E-state index in [0.717, 1.165) is 18.5 Å². The summed E-state index contributed by atoms with van der Waals surface area (Å²) in [5.41, 5.74) is 8.34. The molecule has 0 saturated heterocycles. The zero-order chi connectivity index (χ0) is 15.4. The maximum absolute atomic E-state index is 12.6. The number of hydrogen-bond acceptors (Lipinski definition) is 3. The predicted molar refractivity (Wildman–Crippen MR) is 88.8 cm³/mol. The Balaban J connectivity index is 2.13. The molecule has 2 N–H and O–H groups in total. The number of rotatable bonds is 3. The second-order valence-corrected chi connectivity index (χ2v) is 6.23. The number of nitrogens with two attached hydrogens (primary N) is 1. The fraction of sp³-hybridized carbons (Fsp3) is 0.588. The summed E-state index contributed by atoms with van der Waals surface area (Å²) in [5.74, 6) is 0.0823. The molecule has 116 valence electrons. The third kappa shape index (κ3) is 3.69. The Morgan fingerprint density at radius 2 is 1.71 bits per heavy atom. The Morgan fingerprint density at radius 3 is 2.24 bits per heavy atom. The maximum Gasteiger partial charge on any atom is 0.253 e. The summed E-state index contributed by atoms with van der Waals surface area (Å²) in [7, 11) is 5.82. The van der Waals surface area contributed by atoms with E-state index < -0.39 is 0 Å². The van der Waals surface area contributed by atoms with Crippen molar-refractivity contribution in [2.75, 3.05) is 31.8 Å². The average molecular weight is 289 g/mol. The van der Waals surface area contributed by atoms with Gasteiger partial charge in [-0.3, -0.25) is 4.79 Å². The monoisotopic (exact) mass is 289 g/mol. The third-order valence-electron chi connectivity index (χ3n) is 4.45. The Hall–Kier alpha value is -1.71. The molecular formula is C17H27N3O. The van der Waals surface area contributed by atoms with E-state index >= 15 is 0 Å². The van der Waals surface area contributed by atoms with Crippen molar-refractivity contribution < 1.29 is 4.79 Å². The molecule has 2 rings (SSSR count). The lowest BCUT2D eigenvalue weighted by Gasteiger charge is -2.27. The van der Waals surface area contributed by atoms with Crippen LogP contribution in [0.2, 0.25) is 0 Å². The number of nitrogen functional groups attached to an aromatic ring is 1. The van der Waals surface area contributed by atoms with Gasteiger partial charge in [0.05, 0.1) is 11.4 Å². The molecule has 21 heavy (non-hydrogen) atoms. The van der Waals surface area contributed by atoms with E-state index in [-0.39, 0.29) is 5.91 Å². The summed E-state index contributed by atoms with van der Waals surface area (Å²) < 4.78 is 0. The molecule has 0 atom stereocenters. The van der Waals surface area contributed by atoms with Gasteiger partial charge < -0.3 is 15.5 Å². The third-order valence-corrected chi connectivity index (χ3v) is 4.45. The van der Waals surface area contributed by atoms with Gasteiger partial charge in [0.1, 0.15) is 0 Å². The van der Waals surface area contributed by atoms with Gasteiger partial charge in [0.15, 0.2) is 0 Å². The quantitative estimate of drug-likeness (QED) is 0.687. The van der Waals surface area contributed by atoms with Crippen molar-refractivity contribution in [3.8, 4) is 0 Å². The lowest BCUT2D eigenvalue weighted by molar-refractivity contribution is 0.0718. The van der Waals surface area contributed by atoms with Crippen LogP contribution in [0.15, 0.2) is 18.2 Å². The molecule has 0 heterocycles. The molecule has 0 aliphatic heterocycles. The summed E-state index contributed by atoms with van der Waals surface area (Å²) in [6, 6.07) is 5.96.